The number of carbonyl (C=O) groups is 1. The minimum atomic E-state index is -0.175. The molecule has 4 rings (SSSR count). The van der Waals surface area contributed by atoms with Gasteiger partial charge in [0.25, 0.3) is 5.91 Å². The molecule has 1 aromatic heterocycles. The van der Waals surface area contributed by atoms with Crippen LogP contribution in [0.4, 0.5) is 5.82 Å². The van der Waals surface area contributed by atoms with Crippen molar-refractivity contribution in [3.8, 4) is 0 Å². The number of hydrogen-bond donors (Lipinski definition) is 1. The van der Waals surface area contributed by atoms with Gasteiger partial charge in [-0.3, -0.25) is 13.7 Å². The Kier molecular flexibility index (Phi) is 5.95. The van der Waals surface area contributed by atoms with E-state index in [1.807, 2.05) is 71.6 Å². The molecule has 0 fully saturated rings. The van der Waals surface area contributed by atoms with Crippen LogP contribution in [-0.2, 0) is 10.7 Å². The molecule has 142 valence electrons. The lowest BCUT2D eigenvalue weighted by molar-refractivity contribution is 0.0649. The van der Waals surface area contributed by atoms with E-state index in [1.54, 1.807) is 6.20 Å². The van der Waals surface area contributed by atoms with E-state index in [-0.39, 0.29) is 11.9 Å². The molecule has 2 heterocycles. The van der Waals surface area contributed by atoms with Crippen molar-refractivity contribution in [3.63, 3.8) is 0 Å². The number of halogens is 1. The van der Waals surface area contributed by atoms with Gasteiger partial charge < -0.3 is 4.90 Å². The Hall–Kier alpha value is -2.35. The summed E-state index contributed by atoms with van der Waals surface area (Å²) in [5, 5.41) is 0. The van der Waals surface area contributed by atoms with Gasteiger partial charge in [0, 0.05) is 22.8 Å². The van der Waals surface area contributed by atoms with Crippen LogP contribution in [-0.4, -0.2) is 22.4 Å². The monoisotopic (exact) mass is 455 g/mol. The zero-order valence-corrected chi connectivity index (χ0v) is 17.3. The number of nitrogens with one attached hydrogen (secondary N) is 1. The number of rotatable bonds is 7. The van der Waals surface area contributed by atoms with Crippen LogP contribution in [0.25, 0.3) is 0 Å². The predicted molar refractivity (Wildman–Crippen MR) is 115 cm³/mol. The molecular formula is C21H18BrN3O2S. The van der Waals surface area contributed by atoms with E-state index < -0.39 is 0 Å². The van der Waals surface area contributed by atoms with Gasteiger partial charge in [-0.2, -0.15) is 0 Å². The van der Waals surface area contributed by atoms with Crippen molar-refractivity contribution in [2.75, 3.05) is 11.3 Å². The largest absolute Gasteiger partial charge is 0.325 e. The van der Waals surface area contributed by atoms with Gasteiger partial charge in [-0.05, 0) is 29.3 Å². The summed E-state index contributed by atoms with van der Waals surface area (Å²) in [6.45, 7) is 0.943. The first-order chi connectivity index (χ1) is 13.7. The fourth-order valence-electron chi connectivity index (χ4n) is 3.20. The number of fused-ring (bicyclic) bond motifs is 1. The highest BCUT2D eigenvalue weighted by molar-refractivity contribution is 9.10. The van der Waals surface area contributed by atoms with E-state index in [0.717, 1.165) is 33.4 Å². The third kappa shape index (κ3) is 4.22. The van der Waals surface area contributed by atoms with E-state index in [1.165, 1.54) is 0 Å². The Morgan fingerprint density at radius 3 is 2.71 bits per heavy atom. The van der Waals surface area contributed by atoms with Crippen LogP contribution in [0.15, 0.2) is 77.4 Å². The van der Waals surface area contributed by atoms with Gasteiger partial charge in [0.15, 0.2) is 0 Å². The average Bonchev–Trinajstić information content (AvgIpc) is 3.05. The first-order valence-electron chi connectivity index (χ1n) is 8.82. The molecule has 2 aromatic carbocycles. The average molecular weight is 456 g/mol. The molecule has 3 aromatic rings. The van der Waals surface area contributed by atoms with Crippen LogP contribution in [0.5, 0.6) is 0 Å². The Morgan fingerprint density at radius 2 is 1.93 bits per heavy atom. The van der Waals surface area contributed by atoms with E-state index >= 15 is 0 Å². The summed E-state index contributed by atoms with van der Waals surface area (Å²) < 4.78 is 9.81. The Labute approximate surface area is 176 Å². The summed E-state index contributed by atoms with van der Waals surface area (Å²) in [6, 6.07) is 21.3. The lowest BCUT2D eigenvalue weighted by Gasteiger charge is -2.27. The molecule has 0 saturated heterocycles. The summed E-state index contributed by atoms with van der Waals surface area (Å²) in [4.78, 5) is 19.0. The minimum Gasteiger partial charge on any atom is -0.325 e. The molecule has 5 nitrogen and oxygen atoms in total. The molecule has 0 spiro atoms. The van der Waals surface area contributed by atoms with Crippen molar-refractivity contribution in [1.82, 2.24) is 9.88 Å². The number of aromatic nitrogens is 1. The van der Waals surface area contributed by atoms with Gasteiger partial charge >= 0.3 is 0 Å². The van der Waals surface area contributed by atoms with Crippen LogP contribution in [0, 0.1) is 0 Å². The highest BCUT2D eigenvalue weighted by Gasteiger charge is 2.33. The number of hydrogen-bond acceptors (Lipinski definition) is 5. The van der Waals surface area contributed by atoms with E-state index in [0.29, 0.717) is 19.0 Å². The fourth-order valence-corrected chi connectivity index (χ4v) is 3.99. The number of amides is 1. The van der Waals surface area contributed by atoms with Crippen molar-refractivity contribution in [2.45, 2.75) is 12.6 Å². The third-order valence-electron chi connectivity index (χ3n) is 4.56. The maximum absolute atomic E-state index is 12.9. The van der Waals surface area contributed by atoms with Gasteiger partial charge in [0.1, 0.15) is 18.0 Å². The molecular weight excluding hydrogens is 438 g/mol. The lowest BCUT2D eigenvalue weighted by Crippen LogP contribution is -2.31. The van der Waals surface area contributed by atoms with Crippen LogP contribution >= 0.6 is 28.2 Å². The summed E-state index contributed by atoms with van der Waals surface area (Å²) in [5.74, 6) is 0.736. The van der Waals surface area contributed by atoms with E-state index in [2.05, 4.69) is 25.6 Å². The first-order valence-corrected chi connectivity index (χ1v) is 10.4. The molecule has 1 atom stereocenters. The Morgan fingerprint density at radius 1 is 1.14 bits per heavy atom. The molecule has 0 saturated carbocycles. The highest BCUT2D eigenvalue weighted by Crippen LogP contribution is 2.32. The zero-order valence-electron chi connectivity index (χ0n) is 14.9. The quantitative estimate of drug-likeness (QED) is 0.300. The molecule has 1 aliphatic heterocycles. The van der Waals surface area contributed by atoms with Gasteiger partial charge in [-0.1, -0.05) is 64.5 Å². The normalized spacial score (nSPS) is 14.0. The van der Waals surface area contributed by atoms with Crippen molar-refractivity contribution < 1.29 is 8.98 Å². The van der Waals surface area contributed by atoms with Crippen molar-refractivity contribution >= 4 is 39.9 Å². The van der Waals surface area contributed by atoms with Gasteiger partial charge in [0.05, 0.1) is 12.6 Å². The summed E-state index contributed by atoms with van der Waals surface area (Å²) in [7, 11) is 0. The lowest BCUT2D eigenvalue weighted by atomic mass is 10.1. The number of nitrogens with zero attached hydrogens (tertiary/aromatic N) is 2. The van der Waals surface area contributed by atoms with Crippen LogP contribution in [0.2, 0.25) is 0 Å². The summed E-state index contributed by atoms with van der Waals surface area (Å²) in [5.41, 5.74) is 2.87. The number of anilines is 1. The van der Waals surface area contributed by atoms with Crippen LogP contribution in [0.1, 0.15) is 27.5 Å². The molecule has 0 radical (unpaired) electrons. The van der Waals surface area contributed by atoms with Crippen molar-refractivity contribution in [3.05, 3.63) is 94.1 Å². The molecule has 1 N–H and O–H groups in total. The van der Waals surface area contributed by atoms with Gasteiger partial charge in [0.2, 0.25) is 0 Å². The van der Waals surface area contributed by atoms with Crippen molar-refractivity contribution in [2.24, 2.45) is 0 Å². The van der Waals surface area contributed by atoms with Gasteiger partial charge in [-0.15, -0.1) is 0 Å². The maximum atomic E-state index is 12.9. The molecule has 1 unspecified atom stereocenters. The van der Waals surface area contributed by atoms with E-state index in [9.17, 15) is 4.79 Å². The zero-order chi connectivity index (χ0) is 19.3. The Bertz CT molecular complexity index is 971. The smallest absolute Gasteiger partial charge is 0.255 e. The van der Waals surface area contributed by atoms with E-state index in [4.69, 9.17) is 4.18 Å². The predicted octanol–water partition coefficient (Wildman–Crippen LogP) is 5.23. The maximum Gasteiger partial charge on any atom is 0.255 e. The van der Waals surface area contributed by atoms with Crippen LogP contribution < -0.4 is 4.72 Å². The second kappa shape index (κ2) is 8.77. The highest BCUT2D eigenvalue weighted by atomic mass is 79.9. The molecule has 28 heavy (non-hydrogen) atoms. The molecule has 1 aliphatic rings. The third-order valence-corrected chi connectivity index (χ3v) is 5.60. The minimum absolute atomic E-state index is 0.0414. The van der Waals surface area contributed by atoms with Crippen LogP contribution in [0.3, 0.4) is 0 Å². The number of pyridine rings is 1. The number of benzene rings is 2. The molecule has 0 aliphatic carbocycles. The summed E-state index contributed by atoms with van der Waals surface area (Å²) >= 11 is 4.53. The fraction of sp³-hybridized carbons (Fsp3) is 0.143. The van der Waals surface area contributed by atoms with Crippen molar-refractivity contribution in [1.29, 1.82) is 0 Å². The molecule has 0 bridgehead atoms. The topological polar surface area (TPSA) is 54.5 Å². The SMILES string of the molecule is O=C1c2ccccc2CN1C(COSNc1cc(Br)ccn1)c1ccccc1. The number of carbonyl (C=O) groups excluding carboxylic acids is 1. The summed E-state index contributed by atoms with van der Waals surface area (Å²) in [6.07, 6.45) is 1.71. The Balaban J connectivity index is 1.46. The second-order valence-electron chi connectivity index (χ2n) is 6.35. The first kappa shape index (κ1) is 19.0. The van der Waals surface area contributed by atoms with Gasteiger partial charge in [-0.25, -0.2) is 4.98 Å². The standard InChI is InChI=1S/C21H18BrN3O2S/c22-17-10-11-23-20(12-17)24-28-27-14-19(15-6-2-1-3-7-15)25-13-16-8-4-5-9-18(16)21(25)26/h1-12,19H,13-14H2,(H,23,24). The molecule has 1 amide bonds. The second-order valence-corrected chi connectivity index (χ2v) is 7.87. The molecule has 7 heteroatoms.